The summed E-state index contributed by atoms with van der Waals surface area (Å²) in [5.74, 6) is 0.714. The molecule has 0 spiro atoms. The van der Waals surface area contributed by atoms with Crippen LogP contribution >= 0.6 is 0 Å². The van der Waals surface area contributed by atoms with Crippen LogP contribution in [0.25, 0.3) is 5.69 Å². The number of carbonyl (C=O) groups excluding carboxylic acids is 2. The number of aromatic nitrogens is 3. The van der Waals surface area contributed by atoms with Gasteiger partial charge in [-0.15, -0.1) is 5.10 Å². The molecule has 47 heavy (non-hydrogen) atoms. The van der Waals surface area contributed by atoms with E-state index in [0.717, 1.165) is 48.2 Å². The second kappa shape index (κ2) is 16.8. The molecule has 1 aromatic heterocycles. The van der Waals surface area contributed by atoms with Crippen LogP contribution in [0.15, 0.2) is 85.1 Å². The Labute approximate surface area is 275 Å². The molecule has 1 N–H and O–H groups in total. The molecular formula is C36H40N6O5. The van der Waals surface area contributed by atoms with Crippen molar-refractivity contribution in [2.75, 3.05) is 19.6 Å². The summed E-state index contributed by atoms with van der Waals surface area (Å²) >= 11 is 0. The number of piperidine rings is 1. The van der Waals surface area contributed by atoms with E-state index in [1.54, 1.807) is 15.6 Å². The summed E-state index contributed by atoms with van der Waals surface area (Å²) in [5.41, 5.74) is 3.91. The summed E-state index contributed by atoms with van der Waals surface area (Å²) in [4.78, 5) is 26.3. The molecule has 1 fully saturated rings. The molecule has 244 valence electrons. The Morgan fingerprint density at radius 2 is 1.64 bits per heavy atom. The lowest BCUT2D eigenvalue weighted by molar-refractivity contribution is 0.0604. The Bertz CT molecular complexity index is 1630. The first-order chi connectivity index (χ1) is 23.0. The number of ether oxygens (including phenoxy) is 3. The number of benzene rings is 3. The quantitative estimate of drug-likeness (QED) is 0.172. The Morgan fingerprint density at radius 1 is 0.957 bits per heavy atom. The number of rotatable bonds is 13. The van der Waals surface area contributed by atoms with Crippen molar-refractivity contribution in [2.45, 2.75) is 58.3 Å². The molecular weight excluding hydrogens is 596 g/mol. The molecule has 1 unspecified atom stereocenters. The number of carbonyl (C=O) groups is 2. The fraction of sp³-hybridized carbons (Fsp3) is 0.361. The first-order valence-corrected chi connectivity index (χ1v) is 16.0. The van der Waals surface area contributed by atoms with E-state index in [1.165, 1.54) is 0 Å². The third-order valence-electron chi connectivity index (χ3n) is 8.21. The van der Waals surface area contributed by atoms with Gasteiger partial charge in [0.15, 0.2) is 0 Å². The van der Waals surface area contributed by atoms with Crippen LogP contribution in [-0.4, -0.2) is 57.8 Å². The first kappa shape index (κ1) is 33.0. The van der Waals surface area contributed by atoms with Gasteiger partial charge in [0.05, 0.1) is 29.2 Å². The van der Waals surface area contributed by atoms with Crippen LogP contribution in [0.5, 0.6) is 5.75 Å². The summed E-state index contributed by atoms with van der Waals surface area (Å²) in [6.07, 6.45) is 4.82. The topological polar surface area (TPSA) is 132 Å². The van der Waals surface area contributed by atoms with Crippen LogP contribution in [0.4, 0.5) is 9.59 Å². The predicted molar refractivity (Wildman–Crippen MR) is 175 cm³/mol. The van der Waals surface area contributed by atoms with E-state index in [4.69, 9.17) is 14.2 Å². The predicted octanol–water partition coefficient (Wildman–Crippen LogP) is 6.20. The van der Waals surface area contributed by atoms with E-state index in [-0.39, 0.29) is 31.3 Å². The first-order valence-electron chi connectivity index (χ1n) is 16.0. The van der Waals surface area contributed by atoms with E-state index in [9.17, 15) is 14.9 Å². The van der Waals surface area contributed by atoms with Gasteiger partial charge < -0.3 is 24.4 Å². The molecule has 2 heterocycles. The van der Waals surface area contributed by atoms with Crippen LogP contribution in [0.3, 0.4) is 0 Å². The maximum atomic E-state index is 12.6. The number of aryl methyl sites for hydroxylation is 1. The average Bonchev–Trinajstić information content (AvgIpc) is 3.59. The standard InChI is InChI=1S/C36H40N6O5/c1-27(30-17-20-41(21-18-30)36(44)46-26-29-12-6-3-7-13-29)47-34-22-33(16-15-31(34)23-37)42-24-32(39-40-42)14-8-9-19-38-35(43)45-25-28-10-4-2-5-11-28/h2-7,10-13,15-16,22,24,27,30H,8-9,14,17-21,25-26H2,1H3,(H,38,43). The van der Waals surface area contributed by atoms with Gasteiger partial charge in [-0.2, -0.15) is 5.26 Å². The number of likely N-dealkylation sites (tertiary alicyclic amines) is 1. The third kappa shape index (κ3) is 9.81. The maximum Gasteiger partial charge on any atom is 0.410 e. The van der Waals surface area contributed by atoms with E-state index in [0.29, 0.717) is 37.4 Å². The second-order valence-corrected chi connectivity index (χ2v) is 11.6. The van der Waals surface area contributed by atoms with Crippen LogP contribution in [0.1, 0.15) is 55.0 Å². The molecule has 1 aliphatic heterocycles. The van der Waals surface area contributed by atoms with Gasteiger partial charge in [0, 0.05) is 25.7 Å². The molecule has 1 aliphatic rings. The molecule has 4 aromatic rings. The second-order valence-electron chi connectivity index (χ2n) is 11.6. The van der Waals surface area contributed by atoms with Gasteiger partial charge in [0.2, 0.25) is 0 Å². The molecule has 0 saturated carbocycles. The van der Waals surface area contributed by atoms with Crippen LogP contribution in [0.2, 0.25) is 0 Å². The average molecular weight is 637 g/mol. The Kier molecular flexibility index (Phi) is 11.8. The summed E-state index contributed by atoms with van der Waals surface area (Å²) < 4.78 is 18.7. The van der Waals surface area contributed by atoms with Crippen LogP contribution in [-0.2, 0) is 29.1 Å². The number of hydrogen-bond acceptors (Lipinski definition) is 8. The highest BCUT2D eigenvalue weighted by Gasteiger charge is 2.28. The number of unbranched alkanes of at least 4 members (excludes halogenated alkanes) is 1. The van der Waals surface area contributed by atoms with Crippen molar-refractivity contribution in [2.24, 2.45) is 5.92 Å². The number of nitriles is 1. The van der Waals surface area contributed by atoms with Gasteiger partial charge in [-0.1, -0.05) is 65.9 Å². The van der Waals surface area contributed by atoms with Crippen molar-refractivity contribution >= 4 is 12.2 Å². The molecule has 0 aliphatic carbocycles. The monoisotopic (exact) mass is 636 g/mol. The van der Waals surface area contributed by atoms with Gasteiger partial charge in [-0.05, 0) is 68.2 Å². The number of alkyl carbamates (subject to hydrolysis) is 1. The zero-order chi connectivity index (χ0) is 32.8. The summed E-state index contributed by atoms with van der Waals surface area (Å²) in [7, 11) is 0. The largest absolute Gasteiger partial charge is 0.489 e. The summed E-state index contributed by atoms with van der Waals surface area (Å²) in [6.45, 7) is 4.19. The van der Waals surface area contributed by atoms with Gasteiger partial charge in [-0.25, -0.2) is 14.3 Å². The SMILES string of the molecule is CC(Oc1cc(-n2cc(CCCCNC(=O)OCc3ccccc3)nn2)ccc1C#N)C1CCN(C(=O)OCc2ccccc2)CC1. The molecule has 11 heteroatoms. The minimum atomic E-state index is -0.433. The molecule has 2 amide bonds. The number of nitrogens with zero attached hydrogens (tertiary/aromatic N) is 5. The summed E-state index contributed by atoms with van der Waals surface area (Å²) in [6, 6.07) is 26.8. The van der Waals surface area contributed by atoms with Crippen molar-refractivity contribution in [1.29, 1.82) is 5.26 Å². The van der Waals surface area contributed by atoms with Gasteiger partial charge in [-0.3, -0.25) is 0 Å². The minimum absolute atomic E-state index is 0.157. The molecule has 1 saturated heterocycles. The zero-order valence-corrected chi connectivity index (χ0v) is 26.6. The molecule has 1 atom stereocenters. The molecule has 3 aromatic carbocycles. The maximum absolute atomic E-state index is 12.6. The Balaban J connectivity index is 1.05. The van der Waals surface area contributed by atoms with Crippen LogP contribution in [0, 0.1) is 17.2 Å². The molecule has 0 radical (unpaired) electrons. The van der Waals surface area contributed by atoms with Crippen LogP contribution < -0.4 is 10.1 Å². The van der Waals surface area contributed by atoms with E-state index in [1.807, 2.05) is 85.9 Å². The van der Waals surface area contributed by atoms with Crippen molar-refractivity contribution in [1.82, 2.24) is 25.2 Å². The molecule has 11 nitrogen and oxygen atoms in total. The fourth-order valence-corrected chi connectivity index (χ4v) is 5.44. The summed E-state index contributed by atoms with van der Waals surface area (Å²) in [5, 5.41) is 21.1. The molecule has 5 rings (SSSR count). The van der Waals surface area contributed by atoms with Crippen molar-refractivity contribution in [3.63, 3.8) is 0 Å². The highest BCUT2D eigenvalue weighted by atomic mass is 16.6. The van der Waals surface area contributed by atoms with E-state index >= 15 is 0 Å². The van der Waals surface area contributed by atoms with Gasteiger partial charge in [0.1, 0.15) is 25.0 Å². The lowest BCUT2D eigenvalue weighted by Gasteiger charge is -2.34. The van der Waals surface area contributed by atoms with Gasteiger partial charge >= 0.3 is 12.2 Å². The highest BCUT2D eigenvalue weighted by Crippen LogP contribution is 2.28. The Morgan fingerprint density at radius 3 is 2.32 bits per heavy atom. The Hall–Kier alpha value is -5.37. The lowest BCUT2D eigenvalue weighted by atomic mass is 9.92. The molecule has 0 bridgehead atoms. The lowest BCUT2D eigenvalue weighted by Crippen LogP contribution is -2.42. The van der Waals surface area contributed by atoms with Crippen molar-refractivity contribution < 1.29 is 23.8 Å². The number of nitrogens with one attached hydrogen (secondary N) is 1. The minimum Gasteiger partial charge on any atom is -0.489 e. The normalized spacial score (nSPS) is 13.7. The van der Waals surface area contributed by atoms with Crippen molar-refractivity contribution in [3.05, 3.63) is 107 Å². The highest BCUT2D eigenvalue weighted by molar-refractivity contribution is 5.68. The smallest absolute Gasteiger partial charge is 0.410 e. The fourth-order valence-electron chi connectivity index (χ4n) is 5.44. The van der Waals surface area contributed by atoms with Crippen molar-refractivity contribution in [3.8, 4) is 17.5 Å². The third-order valence-corrected chi connectivity index (χ3v) is 8.21. The number of amides is 2. The van der Waals surface area contributed by atoms with Gasteiger partial charge in [0.25, 0.3) is 0 Å². The zero-order valence-electron chi connectivity index (χ0n) is 26.6. The van der Waals surface area contributed by atoms with E-state index < -0.39 is 6.09 Å². The van der Waals surface area contributed by atoms with E-state index in [2.05, 4.69) is 21.7 Å². The number of hydrogen-bond donors (Lipinski definition) is 1.